The number of fused-ring (bicyclic) bond motifs is 5. The van der Waals surface area contributed by atoms with Crippen LogP contribution in [0.5, 0.6) is 0 Å². The number of aliphatic hydroxyl groups is 1. The van der Waals surface area contributed by atoms with Gasteiger partial charge in [0.2, 0.25) is 5.95 Å². The molecular weight excluding hydrogens is 419 g/mol. The monoisotopic (exact) mass is 460 g/mol. The van der Waals surface area contributed by atoms with Gasteiger partial charge < -0.3 is 14.4 Å². The van der Waals surface area contributed by atoms with Crippen LogP contribution in [-0.4, -0.2) is 39.8 Å². The first-order chi connectivity index (χ1) is 15.5. The molecule has 33 heavy (non-hydrogen) atoms. The number of ether oxygens (including phenoxy) is 1. The summed E-state index contributed by atoms with van der Waals surface area (Å²) in [6.45, 7) is 7.78. The fourth-order valence-corrected chi connectivity index (χ4v) is 9.58. The van der Waals surface area contributed by atoms with Gasteiger partial charge in [0, 0.05) is 18.4 Å². The van der Waals surface area contributed by atoms with Crippen molar-refractivity contribution in [2.75, 3.05) is 13.7 Å². The number of hydrogen-bond donors (Lipinski definition) is 1. The molecule has 4 fully saturated rings. The number of carbonyl (C=O) groups excluding carboxylic acids is 1. The molecule has 0 spiro atoms. The van der Waals surface area contributed by atoms with Gasteiger partial charge in [-0.15, -0.1) is 0 Å². The van der Waals surface area contributed by atoms with Crippen molar-refractivity contribution < 1.29 is 19.0 Å². The van der Waals surface area contributed by atoms with E-state index in [4.69, 9.17) is 4.74 Å². The molecular formula is C27H41FN2O3. The van der Waals surface area contributed by atoms with E-state index in [2.05, 4.69) is 18.8 Å². The van der Waals surface area contributed by atoms with Crippen LogP contribution in [0.25, 0.3) is 0 Å². The molecule has 4 saturated carbocycles. The highest BCUT2D eigenvalue weighted by atomic mass is 19.1. The van der Waals surface area contributed by atoms with Crippen LogP contribution in [0, 0.1) is 45.9 Å². The zero-order valence-corrected chi connectivity index (χ0v) is 20.8. The van der Waals surface area contributed by atoms with Gasteiger partial charge in [-0.3, -0.25) is 4.79 Å². The Morgan fingerprint density at radius 1 is 1.15 bits per heavy atom. The van der Waals surface area contributed by atoms with Gasteiger partial charge >= 0.3 is 0 Å². The molecule has 6 heteroatoms. The molecule has 184 valence electrons. The first kappa shape index (κ1) is 23.5. The van der Waals surface area contributed by atoms with E-state index in [0.717, 1.165) is 58.0 Å². The Balaban J connectivity index is 1.40. The SMILES string of the molecule is COC[C@]12CC[C@@](C)(O)C[C@]1(C)CC[C@H]1[C@@H]3CC[C@H](C(=O)Cn4cnc(F)c4)[C@@]3(C)CC[C@@H]12. The van der Waals surface area contributed by atoms with E-state index in [1.54, 1.807) is 4.57 Å². The summed E-state index contributed by atoms with van der Waals surface area (Å²) in [7, 11) is 1.84. The van der Waals surface area contributed by atoms with Crippen LogP contribution >= 0.6 is 0 Å². The van der Waals surface area contributed by atoms with Crippen LogP contribution in [0.3, 0.4) is 0 Å². The Morgan fingerprint density at radius 3 is 2.64 bits per heavy atom. The van der Waals surface area contributed by atoms with Crippen molar-refractivity contribution in [2.24, 2.45) is 39.9 Å². The summed E-state index contributed by atoms with van der Waals surface area (Å²) in [6, 6.07) is 0. The maximum Gasteiger partial charge on any atom is 0.230 e. The van der Waals surface area contributed by atoms with E-state index in [1.807, 2.05) is 14.0 Å². The fourth-order valence-electron chi connectivity index (χ4n) is 9.58. The molecule has 0 radical (unpaired) electrons. The van der Waals surface area contributed by atoms with Gasteiger partial charge in [-0.2, -0.15) is 4.39 Å². The summed E-state index contributed by atoms with van der Waals surface area (Å²) >= 11 is 0. The van der Waals surface area contributed by atoms with Crippen molar-refractivity contribution >= 4 is 5.78 Å². The van der Waals surface area contributed by atoms with E-state index >= 15 is 0 Å². The van der Waals surface area contributed by atoms with Gasteiger partial charge in [0.15, 0.2) is 5.78 Å². The van der Waals surface area contributed by atoms with Crippen LogP contribution in [0.2, 0.25) is 0 Å². The van der Waals surface area contributed by atoms with Crippen molar-refractivity contribution in [3.63, 3.8) is 0 Å². The van der Waals surface area contributed by atoms with E-state index in [-0.39, 0.29) is 34.5 Å². The van der Waals surface area contributed by atoms with Gasteiger partial charge in [0.1, 0.15) is 0 Å². The van der Waals surface area contributed by atoms with Crippen LogP contribution in [0.15, 0.2) is 12.5 Å². The summed E-state index contributed by atoms with van der Waals surface area (Å²) < 4.78 is 20.8. The van der Waals surface area contributed by atoms with Crippen LogP contribution in [0.1, 0.15) is 78.6 Å². The molecule has 0 bridgehead atoms. The number of Topliss-reactive ketones (excluding diaryl/α,β-unsaturated/α-hetero) is 1. The summed E-state index contributed by atoms with van der Waals surface area (Å²) in [5.41, 5.74) is -0.344. The Morgan fingerprint density at radius 2 is 1.94 bits per heavy atom. The molecule has 1 N–H and O–H groups in total. The number of carbonyl (C=O) groups is 1. The van der Waals surface area contributed by atoms with Crippen molar-refractivity contribution in [1.29, 1.82) is 0 Å². The minimum Gasteiger partial charge on any atom is -0.390 e. The van der Waals surface area contributed by atoms with Gasteiger partial charge in [0.25, 0.3) is 0 Å². The highest BCUT2D eigenvalue weighted by Gasteiger charge is 2.66. The summed E-state index contributed by atoms with van der Waals surface area (Å²) in [5, 5.41) is 11.0. The predicted octanol–water partition coefficient (Wildman–Crippen LogP) is 5.02. The average molecular weight is 461 g/mol. The Hall–Kier alpha value is -1.27. The summed E-state index contributed by atoms with van der Waals surface area (Å²) in [4.78, 5) is 17.0. The molecule has 8 atom stereocenters. The number of ketones is 1. The van der Waals surface area contributed by atoms with Crippen LogP contribution in [-0.2, 0) is 16.1 Å². The molecule has 0 amide bonds. The molecule has 0 aliphatic heterocycles. The quantitative estimate of drug-likeness (QED) is 0.670. The largest absolute Gasteiger partial charge is 0.390 e. The molecule has 4 aliphatic rings. The van der Waals surface area contributed by atoms with Crippen molar-refractivity contribution in [3.05, 3.63) is 18.5 Å². The molecule has 4 aliphatic carbocycles. The van der Waals surface area contributed by atoms with Gasteiger partial charge in [-0.1, -0.05) is 13.8 Å². The zero-order chi connectivity index (χ0) is 23.6. The van der Waals surface area contributed by atoms with E-state index in [9.17, 15) is 14.3 Å². The number of nitrogens with zero attached hydrogens (tertiary/aromatic N) is 2. The lowest BCUT2D eigenvalue weighted by atomic mass is 9.39. The second-order valence-electron chi connectivity index (χ2n) is 12.7. The number of hydrogen-bond acceptors (Lipinski definition) is 4. The topological polar surface area (TPSA) is 64.3 Å². The van der Waals surface area contributed by atoms with Gasteiger partial charge in [-0.25, -0.2) is 4.98 Å². The normalized spacial score (nSPS) is 47.0. The van der Waals surface area contributed by atoms with Crippen molar-refractivity contribution in [1.82, 2.24) is 9.55 Å². The third-order valence-corrected chi connectivity index (χ3v) is 11.0. The Kier molecular flexibility index (Phi) is 5.60. The molecule has 0 unspecified atom stereocenters. The molecule has 1 aromatic rings. The smallest absolute Gasteiger partial charge is 0.230 e. The fraction of sp³-hybridized carbons (Fsp3) is 0.852. The molecule has 5 nitrogen and oxygen atoms in total. The number of methoxy groups -OCH3 is 1. The zero-order valence-electron chi connectivity index (χ0n) is 20.8. The van der Waals surface area contributed by atoms with Crippen molar-refractivity contribution in [3.8, 4) is 0 Å². The van der Waals surface area contributed by atoms with Crippen LogP contribution in [0.4, 0.5) is 4.39 Å². The lowest BCUT2D eigenvalue weighted by Crippen LogP contribution is -2.62. The summed E-state index contributed by atoms with van der Waals surface area (Å²) in [5.74, 6) is 1.54. The lowest BCUT2D eigenvalue weighted by molar-refractivity contribution is -0.215. The maximum atomic E-state index is 13.3. The second-order valence-corrected chi connectivity index (χ2v) is 12.7. The molecule has 1 aromatic heterocycles. The van der Waals surface area contributed by atoms with Gasteiger partial charge in [0.05, 0.1) is 31.3 Å². The molecule has 1 heterocycles. The van der Waals surface area contributed by atoms with E-state index in [0.29, 0.717) is 17.8 Å². The third kappa shape index (κ3) is 3.53. The first-order valence-corrected chi connectivity index (χ1v) is 12.9. The van der Waals surface area contributed by atoms with Crippen molar-refractivity contribution in [2.45, 2.75) is 90.7 Å². The number of halogens is 1. The van der Waals surface area contributed by atoms with E-state index < -0.39 is 11.5 Å². The maximum absolute atomic E-state index is 13.3. The number of imidazole rings is 1. The number of aromatic nitrogens is 2. The average Bonchev–Trinajstić information content (AvgIpc) is 3.30. The first-order valence-electron chi connectivity index (χ1n) is 12.9. The molecule has 5 rings (SSSR count). The minimum atomic E-state index is -0.584. The summed E-state index contributed by atoms with van der Waals surface area (Å²) in [6.07, 6.45) is 12.1. The highest BCUT2D eigenvalue weighted by molar-refractivity contribution is 5.82. The Labute approximate surface area is 197 Å². The highest BCUT2D eigenvalue weighted by Crippen LogP contribution is 2.71. The van der Waals surface area contributed by atoms with Crippen LogP contribution < -0.4 is 0 Å². The van der Waals surface area contributed by atoms with Gasteiger partial charge in [-0.05, 0) is 93.3 Å². The molecule has 0 aromatic carbocycles. The second kappa shape index (κ2) is 7.87. The Bertz CT molecular complexity index is 915. The lowest BCUT2D eigenvalue weighted by Gasteiger charge is -2.67. The van der Waals surface area contributed by atoms with E-state index in [1.165, 1.54) is 18.9 Å². The number of rotatable bonds is 5. The third-order valence-electron chi connectivity index (χ3n) is 11.0. The standard InChI is InChI=1S/C27H41FN2O3/c1-24-9-7-18-19-5-6-21(22(31)13-30-14-23(28)29-17-30)26(19,3)10-8-20(18)27(24,16-33-4)12-11-25(2,32)15-24/h14,17-21,32H,5-13,15-16H2,1-4H3/t18-,19-,20-,21+,24-,25+,26-,27-/m0/s1. The minimum absolute atomic E-state index is 0.0273. The predicted molar refractivity (Wildman–Crippen MR) is 124 cm³/mol. The molecule has 0 saturated heterocycles.